The van der Waals surface area contributed by atoms with Crippen LogP contribution in [0.1, 0.15) is 26.3 Å². The molecule has 0 aliphatic carbocycles. The fraction of sp³-hybridized carbons (Fsp3) is 0.444. The minimum atomic E-state index is -0.652. The van der Waals surface area contributed by atoms with Crippen LogP contribution < -0.4 is 21.1 Å². The molecule has 0 atom stereocenters. The SMILES string of the molecule is C=CCOc1ccccc1CN=C(NCC)NCC(C)(C)C(N)=O.I. The van der Waals surface area contributed by atoms with Crippen molar-refractivity contribution in [2.45, 2.75) is 27.3 Å². The van der Waals surface area contributed by atoms with Crippen LogP contribution in [0.25, 0.3) is 0 Å². The number of ether oxygens (including phenoxy) is 1. The van der Waals surface area contributed by atoms with E-state index in [9.17, 15) is 4.79 Å². The molecule has 0 radical (unpaired) electrons. The van der Waals surface area contributed by atoms with Gasteiger partial charge in [-0.3, -0.25) is 4.79 Å². The van der Waals surface area contributed by atoms with E-state index < -0.39 is 5.41 Å². The van der Waals surface area contributed by atoms with Gasteiger partial charge in [-0.15, -0.1) is 24.0 Å². The molecule has 7 heteroatoms. The third kappa shape index (κ3) is 8.24. The van der Waals surface area contributed by atoms with Crippen LogP contribution in [0.2, 0.25) is 0 Å². The molecule has 0 saturated heterocycles. The predicted molar refractivity (Wildman–Crippen MR) is 113 cm³/mol. The summed E-state index contributed by atoms with van der Waals surface area (Å²) in [5, 5.41) is 6.31. The molecule has 0 heterocycles. The Kier molecular flexibility index (Phi) is 10.9. The number of amides is 1. The molecule has 0 aromatic heterocycles. The molecular weight excluding hydrogens is 431 g/mol. The minimum Gasteiger partial charge on any atom is -0.489 e. The summed E-state index contributed by atoms with van der Waals surface area (Å²) in [6.07, 6.45) is 1.71. The van der Waals surface area contributed by atoms with E-state index in [1.54, 1.807) is 19.9 Å². The van der Waals surface area contributed by atoms with Crippen molar-refractivity contribution < 1.29 is 9.53 Å². The van der Waals surface area contributed by atoms with Crippen molar-refractivity contribution in [2.75, 3.05) is 19.7 Å². The molecule has 6 nitrogen and oxygen atoms in total. The molecule has 1 aromatic carbocycles. The highest BCUT2D eigenvalue weighted by Gasteiger charge is 2.24. The number of hydrogen-bond donors (Lipinski definition) is 3. The molecule has 0 unspecified atom stereocenters. The van der Waals surface area contributed by atoms with Crippen LogP contribution in [0, 0.1) is 5.41 Å². The molecule has 1 aromatic rings. The first-order valence-electron chi connectivity index (χ1n) is 8.04. The molecule has 0 aliphatic heterocycles. The molecule has 0 spiro atoms. The van der Waals surface area contributed by atoms with Crippen LogP contribution in [-0.4, -0.2) is 31.6 Å². The van der Waals surface area contributed by atoms with Crippen molar-refractivity contribution >= 4 is 35.8 Å². The summed E-state index contributed by atoms with van der Waals surface area (Å²) in [7, 11) is 0. The van der Waals surface area contributed by atoms with Crippen molar-refractivity contribution in [2.24, 2.45) is 16.1 Å². The molecule has 0 bridgehead atoms. The van der Waals surface area contributed by atoms with E-state index in [0.717, 1.165) is 17.9 Å². The van der Waals surface area contributed by atoms with Gasteiger partial charge >= 0.3 is 0 Å². The number of carbonyl (C=O) groups excluding carboxylic acids is 1. The number of para-hydroxylation sites is 1. The maximum absolute atomic E-state index is 11.4. The van der Waals surface area contributed by atoms with Gasteiger partial charge in [0.05, 0.1) is 12.0 Å². The second-order valence-electron chi connectivity index (χ2n) is 6.00. The van der Waals surface area contributed by atoms with E-state index in [2.05, 4.69) is 22.2 Å². The summed E-state index contributed by atoms with van der Waals surface area (Å²) >= 11 is 0. The molecule has 140 valence electrons. The lowest BCUT2D eigenvalue weighted by Crippen LogP contribution is -2.46. The number of primary amides is 1. The highest BCUT2D eigenvalue weighted by atomic mass is 127. The zero-order chi connectivity index (χ0) is 18.0. The van der Waals surface area contributed by atoms with Gasteiger partial charge in [0.25, 0.3) is 0 Å². The van der Waals surface area contributed by atoms with Crippen LogP contribution in [0.3, 0.4) is 0 Å². The van der Waals surface area contributed by atoms with Gasteiger partial charge in [0, 0.05) is 18.7 Å². The normalized spacial score (nSPS) is 11.2. The lowest BCUT2D eigenvalue weighted by atomic mass is 9.93. The maximum Gasteiger partial charge on any atom is 0.224 e. The lowest BCUT2D eigenvalue weighted by molar-refractivity contribution is -0.125. The van der Waals surface area contributed by atoms with Crippen molar-refractivity contribution in [3.8, 4) is 5.75 Å². The molecule has 1 rings (SSSR count). The summed E-state index contributed by atoms with van der Waals surface area (Å²) in [6, 6.07) is 7.75. The summed E-state index contributed by atoms with van der Waals surface area (Å²) in [4.78, 5) is 16.0. The smallest absolute Gasteiger partial charge is 0.224 e. The average Bonchev–Trinajstić information content (AvgIpc) is 2.56. The average molecular weight is 460 g/mol. The van der Waals surface area contributed by atoms with Crippen LogP contribution in [0.15, 0.2) is 41.9 Å². The van der Waals surface area contributed by atoms with E-state index in [0.29, 0.717) is 25.7 Å². The van der Waals surface area contributed by atoms with Crippen LogP contribution in [0.4, 0.5) is 0 Å². The van der Waals surface area contributed by atoms with Gasteiger partial charge in [-0.1, -0.05) is 30.9 Å². The Bertz CT molecular complexity index is 588. The van der Waals surface area contributed by atoms with Gasteiger partial charge in [-0.05, 0) is 26.8 Å². The standard InChI is InChI=1S/C18H28N4O2.HI/c1-5-11-24-15-10-8-7-9-14(15)12-21-17(20-6-2)22-13-18(3,4)16(19)23;/h5,7-10H,1,6,11-13H2,2-4H3,(H2,19,23)(H2,20,21,22);1H. The summed E-state index contributed by atoms with van der Waals surface area (Å²) in [6.45, 7) is 11.3. The Morgan fingerprint density at radius 3 is 2.64 bits per heavy atom. The number of hydrogen-bond acceptors (Lipinski definition) is 3. The number of guanidine groups is 1. The zero-order valence-electron chi connectivity index (χ0n) is 15.2. The molecule has 4 N–H and O–H groups in total. The number of aliphatic imine (C=N–C) groups is 1. The van der Waals surface area contributed by atoms with Gasteiger partial charge in [-0.25, -0.2) is 4.99 Å². The number of carbonyl (C=O) groups is 1. The fourth-order valence-electron chi connectivity index (χ4n) is 1.82. The highest BCUT2D eigenvalue weighted by molar-refractivity contribution is 14.0. The van der Waals surface area contributed by atoms with E-state index in [4.69, 9.17) is 10.5 Å². The summed E-state index contributed by atoms with van der Waals surface area (Å²) in [5.74, 6) is 1.06. The quantitative estimate of drug-likeness (QED) is 0.229. The Hall–Kier alpha value is -1.77. The van der Waals surface area contributed by atoms with Crippen molar-refractivity contribution in [3.05, 3.63) is 42.5 Å². The van der Waals surface area contributed by atoms with Gasteiger partial charge in [0.1, 0.15) is 12.4 Å². The van der Waals surface area contributed by atoms with Crippen LogP contribution in [-0.2, 0) is 11.3 Å². The van der Waals surface area contributed by atoms with E-state index in [-0.39, 0.29) is 29.9 Å². The Balaban J connectivity index is 0.00000576. The third-order valence-corrected chi connectivity index (χ3v) is 3.45. The Labute approximate surface area is 167 Å². The van der Waals surface area contributed by atoms with Crippen LogP contribution in [0.5, 0.6) is 5.75 Å². The number of nitrogens with one attached hydrogen (secondary N) is 2. The Morgan fingerprint density at radius 1 is 1.36 bits per heavy atom. The number of nitrogens with zero attached hydrogens (tertiary/aromatic N) is 1. The van der Waals surface area contributed by atoms with Gasteiger partial charge in [0.2, 0.25) is 5.91 Å². The monoisotopic (exact) mass is 460 g/mol. The van der Waals surface area contributed by atoms with Crippen molar-refractivity contribution in [1.82, 2.24) is 10.6 Å². The van der Waals surface area contributed by atoms with Gasteiger partial charge in [-0.2, -0.15) is 0 Å². The summed E-state index contributed by atoms with van der Waals surface area (Å²) < 4.78 is 5.63. The van der Waals surface area contributed by atoms with Crippen molar-refractivity contribution in [1.29, 1.82) is 0 Å². The topological polar surface area (TPSA) is 88.7 Å². The third-order valence-electron chi connectivity index (χ3n) is 3.45. The van der Waals surface area contributed by atoms with Crippen molar-refractivity contribution in [3.63, 3.8) is 0 Å². The summed E-state index contributed by atoms with van der Waals surface area (Å²) in [5.41, 5.74) is 5.72. The first kappa shape index (κ1) is 23.2. The van der Waals surface area contributed by atoms with Gasteiger partial charge < -0.3 is 21.1 Å². The van der Waals surface area contributed by atoms with Crippen LogP contribution >= 0.6 is 24.0 Å². The van der Waals surface area contributed by atoms with E-state index in [1.807, 2.05) is 31.2 Å². The molecule has 0 saturated carbocycles. The minimum absolute atomic E-state index is 0. The van der Waals surface area contributed by atoms with Gasteiger partial charge in [0.15, 0.2) is 5.96 Å². The van der Waals surface area contributed by atoms with E-state index >= 15 is 0 Å². The first-order valence-corrected chi connectivity index (χ1v) is 8.04. The number of nitrogens with two attached hydrogens (primary N) is 1. The molecule has 0 fully saturated rings. The lowest BCUT2D eigenvalue weighted by Gasteiger charge is -2.22. The largest absolute Gasteiger partial charge is 0.489 e. The predicted octanol–water partition coefficient (Wildman–Crippen LogP) is 2.44. The number of benzene rings is 1. The Morgan fingerprint density at radius 2 is 2.04 bits per heavy atom. The second kappa shape index (κ2) is 11.7. The number of rotatable bonds is 9. The maximum atomic E-state index is 11.4. The highest BCUT2D eigenvalue weighted by Crippen LogP contribution is 2.19. The van der Waals surface area contributed by atoms with E-state index in [1.165, 1.54) is 0 Å². The fourth-order valence-corrected chi connectivity index (χ4v) is 1.82. The second-order valence-corrected chi connectivity index (χ2v) is 6.00. The molecular formula is C18H29IN4O2. The first-order chi connectivity index (χ1) is 11.4. The zero-order valence-corrected chi connectivity index (χ0v) is 17.5. The molecule has 25 heavy (non-hydrogen) atoms. The molecule has 1 amide bonds. The number of halogens is 1. The molecule has 0 aliphatic rings.